The number of methoxy groups -OCH3 is 2. The monoisotopic (exact) mass is 446 g/mol. The van der Waals surface area contributed by atoms with E-state index in [0.717, 1.165) is 22.6 Å². The van der Waals surface area contributed by atoms with Crippen LogP contribution >= 0.6 is 0 Å². The predicted molar refractivity (Wildman–Crippen MR) is 124 cm³/mol. The van der Waals surface area contributed by atoms with E-state index in [9.17, 15) is 9.90 Å². The van der Waals surface area contributed by atoms with Gasteiger partial charge < -0.3 is 24.2 Å². The average Bonchev–Trinajstić information content (AvgIpc) is 2.86. The standard InChI is InChI=1S/C26H26N2O5/c1-31-23-11-12-24(32-2)26-21(23)15-28(16-22(26)29)25(30)13-8-18-6-9-20(10-7-18)33-17-19-5-3-4-14-27-19/h3-14,22,29H,15-17H2,1-2H3. The van der Waals surface area contributed by atoms with Gasteiger partial charge in [0.2, 0.25) is 5.91 Å². The zero-order chi connectivity index (χ0) is 23.2. The lowest BCUT2D eigenvalue weighted by molar-refractivity contribution is -0.128. The van der Waals surface area contributed by atoms with Gasteiger partial charge in [0.05, 0.1) is 33.0 Å². The maximum Gasteiger partial charge on any atom is 0.246 e. The van der Waals surface area contributed by atoms with Crippen LogP contribution in [0.25, 0.3) is 6.08 Å². The fraction of sp³-hybridized carbons (Fsp3) is 0.231. The first-order valence-corrected chi connectivity index (χ1v) is 10.6. The van der Waals surface area contributed by atoms with Crippen molar-refractivity contribution in [3.63, 3.8) is 0 Å². The second-order valence-electron chi connectivity index (χ2n) is 7.61. The molecule has 1 unspecified atom stereocenters. The van der Waals surface area contributed by atoms with Crippen molar-refractivity contribution >= 4 is 12.0 Å². The van der Waals surface area contributed by atoms with E-state index in [1.165, 1.54) is 6.08 Å². The van der Waals surface area contributed by atoms with Crippen molar-refractivity contribution in [2.75, 3.05) is 20.8 Å². The first kappa shape index (κ1) is 22.4. The number of aliphatic hydroxyl groups excluding tert-OH is 1. The van der Waals surface area contributed by atoms with Gasteiger partial charge in [0, 0.05) is 23.4 Å². The Hall–Kier alpha value is -3.84. The number of nitrogens with zero attached hydrogens (tertiary/aromatic N) is 2. The molecule has 1 aliphatic heterocycles. The van der Waals surface area contributed by atoms with Gasteiger partial charge in [0.25, 0.3) is 0 Å². The lowest BCUT2D eigenvalue weighted by Crippen LogP contribution is -2.37. The molecule has 4 rings (SSSR count). The molecule has 33 heavy (non-hydrogen) atoms. The highest BCUT2D eigenvalue weighted by atomic mass is 16.5. The minimum Gasteiger partial charge on any atom is -0.496 e. The first-order valence-electron chi connectivity index (χ1n) is 10.6. The Labute approximate surface area is 192 Å². The molecular formula is C26H26N2O5. The van der Waals surface area contributed by atoms with E-state index in [0.29, 0.717) is 30.2 Å². The van der Waals surface area contributed by atoms with Crippen LogP contribution in [-0.2, 0) is 17.9 Å². The summed E-state index contributed by atoms with van der Waals surface area (Å²) in [5.74, 6) is 1.74. The Morgan fingerprint density at radius 2 is 1.85 bits per heavy atom. The number of carbonyl (C=O) groups excluding carboxylic acids is 1. The van der Waals surface area contributed by atoms with Crippen LogP contribution in [0.2, 0.25) is 0 Å². The second-order valence-corrected chi connectivity index (χ2v) is 7.61. The van der Waals surface area contributed by atoms with Crippen LogP contribution in [0, 0.1) is 0 Å². The van der Waals surface area contributed by atoms with E-state index >= 15 is 0 Å². The molecule has 1 N–H and O–H groups in total. The summed E-state index contributed by atoms with van der Waals surface area (Å²) in [4.78, 5) is 18.7. The van der Waals surface area contributed by atoms with Crippen LogP contribution in [0.15, 0.2) is 66.9 Å². The van der Waals surface area contributed by atoms with Crippen LogP contribution < -0.4 is 14.2 Å². The number of amides is 1. The lowest BCUT2D eigenvalue weighted by atomic mass is 9.95. The van der Waals surface area contributed by atoms with Gasteiger partial charge in [-0.15, -0.1) is 0 Å². The fourth-order valence-corrected chi connectivity index (χ4v) is 3.83. The molecule has 3 aromatic rings. The summed E-state index contributed by atoms with van der Waals surface area (Å²) >= 11 is 0. The van der Waals surface area contributed by atoms with Gasteiger partial charge in [-0.05, 0) is 48.0 Å². The van der Waals surface area contributed by atoms with Gasteiger partial charge in [0.1, 0.15) is 30.0 Å². The van der Waals surface area contributed by atoms with E-state index in [1.807, 2.05) is 42.5 Å². The molecule has 7 heteroatoms. The highest BCUT2D eigenvalue weighted by molar-refractivity contribution is 5.92. The highest BCUT2D eigenvalue weighted by Gasteiger charge is 2.31. The van der Waals surface area contributed by atoms with Crippen molar-refractivity contribution in [2.45, 2.75) is 19.3 Å². The highest BCUT2D eigenvalue weighted by Crippen LogP contribution is 2.39. The summed E-state index contributed by atoms with van der Waals surface area (Å²) in [7, 11) is 3.13. The van der Waals surface area contributed by atoms with Gasteiger partial charge in [-0.25, -0.2) is 0 Å². The summed E-state index contributed by atoms with van der Waals surface area (Å²) in [5, 5.41) is 10.7. The van der Waals surface area contributed by atoms with E-state index in [1.54, 1.807) is 43.5 Å². The van der Waals surface area contributed by atoms with Crippen molar-refractivity contribution in [1.82, 2.24) is 9.88 Å². The van der Waals surface area contributed by atoms with E-state index in [-0.39, 0.29) is 12.5 Å². The largest absolute Gasteiger partial charge is 0.496 e. The number of hydrogen-bond donors (Lipinski definition) is 1. The number of carbonyl (C=O) groups is 1. The number of aliphatic hydroxyl groups is 1. The third-order valence-corrected chi connectivity index (χ3v) is 5.51. The summed E-state index contributed by atoms with van der Waals surface area (Å²) in [6.07, 6.45) is 4.13. The summed E-state index contributed by atoms with van der Waals surface area (Å²) in [6, 6.07) is 16.7. The minimum absolute atomic E-state index is 0.181. The first-order chi connectivity index (χ1) is 16.1. The topological polar surface area (TPSA) is 81.1 Å². The van der Waals surface area contributed by atoms with Crippen molar-refractivity contribution in [2.24, 2.45) is 0 Å². The third kappa shape index (κ3) is 5.15. The maximum atomic E-state index is 12.8. The van der Waals surface area contributed by atoms with Crippen LogP contribution in [-0.4, -0.2) is 41.7 Å². The van der Waals surface area contributed by atoms with Crippen molar-refractivity contribution in [3.8, 4) is 17.2 Å². The molecule has 0 spiro atoms. The molecule has 1 amide bonds. The Balaban J connectivity index is 1.41. The molecule has 0 saturated heterocycles. The number of rotatable bonds is 7. The summed E-state index contributed by atoms with van der Waals surface area (Å²) in [5.41, 5.74) is 3.15. The molecular weight excluding hydrogens is 420 g/mol. The molecule has 0 fully saturated rings. The predicted octanol–water partition coefficient (Wildman–Crippen LogP) is 3.77. The Morgan fingerprint density at radius 3 is 2.55 bits per heavy atom. The van der Waals surface area contributed by atoms with Gasteiger partial charge in [0.15, 0.2) is 0 Å². The zero-order valence-corrected chi connectivity index (χ0v) is 18.6. The molecule has 1 aromatic heterocycles. The fourth-order valence-electron chi connectivity index (χ4n) is 3.83. The maximum absolute atomic E-state index is 12.8. The van der Waals surface area contributed by atoms with Crippen LogP contribution in [0.3, 0.4) is 0 Å². The number of β-amino-alcohol motifs (C(OH)–C–C–N with tert-alkyl or cyclic N) is 1. The van der Waals surface area contributed by atoms with Gasteiger partial charge in [-0.1, -0.05) is 18.2 Å². The molecule has 0 bridgehead atoms. The van der Waals surface area contributed by atoms with E-state index in [4.69, 9.17) is 14.2 Å². The number of ether oxygens (including phenoxy) is 3. The molecule has 0 saturated carbocycles. The molecule has 0 radical (unpaired) electrons. The Morgan fingerprint density at radius 1 is 1.09 bits per heavy atom. The van der Waals surface area contributed by atoms with Crippen molar-refractivity contribution in [3.05, 3.63) is 89.3 Å². The number of hydrogen-bond acceptors (Lipinski definition) is 6. The second kappa shape index (κ2) is 10.2. The third-order valence-electron chi connectivity index (χ3n) is 5.51. The van der Waals surface area contributed by atoms with Crippen LogP contribution in [0.5, 0.6) is 17.2 Å². The van der Waals surface area contributed by atoms with Gasteiger partial charge in [-0.3, -0.25) is 9.78 Å². The van der Waals surface area contributed by atoms with Crippen LogP contribution in [0.1, 0.15) is 28.5 Å². The molecule has 170 valence electrons. The molecule has 7 nitrogen and oxygen atoms in total. The number of aromatic nitrogens is 1. The zero-order valence-electron chi connectivity index (χ0n) is 18.6. The minimum atomic E-state index is -0.855. The quantitative estimate of drug-likeness (QED) is 0.557. The number of fused-ring (bicyclic) bond motifs is 1. The number of benzene rings is 2. The Bertz CT molecular complexity index is 1130. The van der Waals surface area contributed by atoms with Gasteiger partial charge >= 0.3 is 0 Å². The van der Waals surface area contributed by atoms with Crippen LogP contribution in [0.4, 0.5) is 0 Å². The normalized spacial score (nSPS) is 15.2. The molecule has 0 aliphatic carbocycles. The molecule has 1 aliphatic rings. The molecule has 2 aromatic carbocycles. The Kier molecular flexibility index (Phi) is 6.90. The molecule has 1 atom stereocenters. The van der Waals surface area contributed by atoms with Crippen molar-refractivity contribution in [1.29, 1.82) is 0 Å². The number of pyridine rings is 1. The smallest absolute Gasteiger partial charge is 0.246 e. The van der Waals surface area contributed by atoms with E-state index in [2.05, 4.69) is 4.98 Å². The van der Waals surface area contributed by atoms with E-state index < -0.39 is 6.10 Å². The SMILES string of the molecule is COc1ccc(OC)c2c1CN(C(=O)C=Cc1ccc(OCc3ccccn3)cc1)CC2O. The summed E-state index contributed by atoms with van der Waals surface area (Å²) in [6.45, 7) is 0.901. The molecule has 2 heterocycles. The van der Waals surface area contributed by atoms with Crippen molar-refractivity contribution < 1.29 is 24.1 Å². The lowest BCUT2D eigenvalue weighted by Gasteiger charge is -2.33. The average molecular weight is 447 g/mol. The van der Waals surface area contributed by atoms with Gasteiger partial charge in [-0.2, -0.15) is 0 Å². The summed E-state index contributed by atoms with van der Waals surface area (Å²) < 4.78 is 16.6.